The van der Waals surface area contributed by atoms with Crippen LogP contribution in [0.3, 0.4) is 0 Å². The average Bonchev–Trinajstić information content (AvgIpc) is 2.90. The van der Waals surface area contributed by atoms with Crippen LogP contribution in [0.2, 0.25) is 0 Å². The molecular weight excluding hydrogens is 294 g/mol. The molecule has 0 saturated carbocycles. The van der Waals surface area contributed by atoms with Crippen LogP contribution < -0.4 is 10.1 Å². The monoisotopic (exact) mass is 309 g/mol. The van der Waals surface area contributed by atoms with E-state index in [1.807, 2.05) is 25.5 Å². The van der Waals surface area contributed by atoms with Gasteiger partial charge in [0.05, 0.1) is 6.10 Å². The number of pyridine rings is 1. The molecule has 2 heterocycles. The van der Waals surface area contributed by atoms with Crippen LogP contribution in [0, 0.1) is 0 Å². The van der Waals surface area contributed by atoms with Crippen molar-refractivity contribution < 1.29 is 9.53 Å². The van der Waals surface area contributed by atoms with Gasteiger partial charge in [-0.2, -0.15) is 0 Å². The lowest BCUT2D eigenvalue weighted by Gasteiger charge is -2.11. The Morgan fingerprint density at radius 1 is 1.45 bits per heavy atom. The zero-order chi connectivity index (χ0) is 14.5. The number of carbonyl (C=O) groups excluding carboxylic acids is 1. The molecule has 2 rings (SSSR count). The van der Waals surface area contributed by atoms with Crippen molar-refractivity contribution in [2.75, 3.05) is 11.6 Å². The highest BCUT2D eigenvalue weighted by Crippen LogP contribution is 2.21. The number of anilines is 1. The molecule has 0 saturated heterocycles. The van der Waals surface area contributed by atoms with Crippen LogP contribution in [0.25, 0.3) is 0 Å². The van der Waals surface area contributed by atoms with Crippen LogP contribution in [0.15, 0.2) is 28.7 Å². The number of nitrogens with one attached hydrogen (secondary N) is 1. The number of thioether (sulfide) groups is 1. The maximum Gasteiger partial charge on any atom is 0.257 e. The van der Waals surface area contributed by atoms with Gasteiger partial charge in [0.15, 0.2) is 5.13 Å². The Balaban J connectivity index is 2.23. The third-order valence-corrected chi connectivity index (χ3v) is 3.57. The summed E-state index contributed by atoms with van der Waals surface area (Å²) in [5.41, 5.74) is 0.509. The van der Waals surface area contributed by atoms with Gasteiger partial charge in [0.25, 0.3) is 5.91 Å². The maximum absolute atomic E-state index is 12.2. The Hall–Kier alpha value is -1.60. The van der Waals surface area contributed by atoms with Gasteiger partial charge in [-0.15, -0.1) is 23.1 Å². The molecule has 2 aromatic heterocycles. The lowest BCUT2D eigenvalue weighted by atomic mass is 10.2. The number of rotatable bonds is 5. The van der Waals surface area contributed by atoms with Crippen molar-refractivity contribution in [3.63, 3.8) is 0 Å². The summed E-state index contributed by atoms with van der Waals surface area (Å²) in [6.07, 6.45) is 3.56. The van der Waals surface area contributed by atoms with E-state index in [0.717, 1.165) is 5.03 Å². The van der Waals surface area contributed by atoms with Gasteiger partial charge in [-0.1, -0.05) is 0 Å². The predicted molar refractivity (Wildman–Crippen MR) is 81.8 cm³/mol. The lowest BCUT2D eigenvalue weighted by molar-refractivity contribution is 0.102. The van der Waals surface area contributed by atoms with Gasteiger partial charge < -0.3 is 4.74 Å². The van der Waals surface area contributed by atoms with E-state index in [9.17, 15) is 4.79 Å². The molecule has 0 aromatic carbocycles. The normalized spacial score (nSPS) is 10.6. The Morgan fingerprint density at radius 2 is 2.25 bits per heavy atom. The van der Waals surface area contributed by atoms with Crippen LogP contribution in [0.5, 0.6) is 5.88 Å². The van der Waals surface area contributed by atoms with Crippen molar-refractivity contribution in [3.05, 3.63) is 29.3 Å². The number of ether oxygens (including phenoxy) is 1. The van der Waals surface area contributed by atoms with Crippen molar-refractivity contribution in [1.29, 1.82) is 0 Å². The van der Waals surface area contributed by atoms with Gasteiger partial charge in [-0.3, -0.25) is 10.1 Å². The van der Waals surface area contributed by atoms with Gasteiger partial charge in [-0.05, 0) is 26.2 Å². The van der Waals surface area contributed by atoms with Crippen LogP contribution in [-0.4, -0.2) is 28.2 Å². The van der Waals surface area contributed by atoms with Gasteiger partial charge in [0.1, 0.15) is 5.03 Å². The second-order valence-electron chi connectivity index (χ2n) is 4.19. The fraction of sp³-hybridized carbons (Fsp3) is 0.308. The maximum atomic E-state index is 12.2. The number of hydrogen-bond donors (Lipinski definition) is 1. The second kappa shape index (κ2) is 6.71. The van der Waals surface area contributed by atoms with Gasteiger partial charge in [-0.25, -0.2) is 9.97 Å². The number of nitrogens with zero attached hydrogens (tertiary/aromatic N) is 2. The van der Waals surface area contributed by atoms with E-state index in [4.69, 9.17) is 4.74 Å². The van der Waals surface area contributed by atoms with Crippen molar-refractivity contribution >= 4 is 34.1 Å². The highest BCUT2D eigenvalue weighted by atomic mass is 32.2. The van der Waals surface area contributed by atoms with E-state index in [1.165, 1.54) is 23.1 Å². The molecule has 0 spiro atoms. The first kappa shape index (κ1) is 14.8. The minimum atomic E-state index is -0.216. The summed E-state index contributed by atoms with van der Waals surface area (Å²) in [5, 5.41) is 5.87. The molecule has 0 fully saturated rings. The molecule has 7 heteroatoms. The Labute approximate surface area is 125 Å². The Kier molecular flexibility index (Phi) is 4.97. The van der Waals surface area contributed by atoms with Gasteiger partial charge in [0.2, 0.25) is 5.88 Å². The highest BCUT2D eigenvalue weighted by Gasteiger charge is 2.12. The molecule has 0 bridgehead atoms. The predicted octanol–water partition coefficient (Wildman–Crippen LogP) is 3.30. The standard InChI is InChI=1S/C13H15N3O2S2/c1-8(2)18-10-6-9(7-11(15-10)19-3)12(17)16-13-14-4-5-20-13/h4-8H,1-3H3,(H,14,16,17). The van der Waals surface area contributed by atoms with E-state index in [-0.39, 0.29) is 12.0 Å². The van der Waals surface area contributed by atoms with Crippen molar-refractivity contribution in [2.45, 2.75) is 25.0 Å². The SMILES string of the molecule is CSc1cc(C(=O)Nc2nccs2)cc(OC(C)C)n1. The molecule has 0 aliphatic heterocycles. The van der Waals surface area contributed by atoms with Crippen LogP contribution in [0.4, 0.5) is 5.13 Å². The minimum Gasteiger partial charge on any atom is -0.475 e. The largest absolute Gasteiger partial charge is 0.475 e. The molecule has 2 aromatic rings. The van der Waals surface area contributed by atoms with E-state index < -0.39 is 0 Å². The van der Waals surface area contributed by atoms with Crippen molar-refractivity contribution in [3.8, 4) is 5.88 Å². The smallest absolute Gasteiger partial charge is 0.257 e. The fourth-order valence-corrected chi connectivity index (χ4v) is 2.42. The lowest BCUT2D eigenvalue weighted by Crippen LogP contribution is -2.13. The van der Waals surface area contributed by atoms with E-state index in [1.54, 1.807) is 18.3 Å². The number of carbonyl (C=O) groups is 1. The molecule has 1 N–H and O–H groups in total. The molecule has 1 amide bonds. The van der Waals surface area contributed by atoms with Crippen LogP contribution >= 0.6 is 23.1 Å². The summed E-state index contributed by atoms with van der Waals surface area (Å²) >= 11 is 2.84. The van der Waals surface area contributed by atoms with Gasteiger partial charge >= 0.3 is 0 Å². The van der Waals surface area contributed by atoms with E-state index >= 15 is 0 Å². The van der Waals surface area contributed by atoms with E-state index in [2.05, 4.69) is 15.3 Å². The highest BCUT2D eigenvalue weighted by molar-refractivity contribution is 7.98. The Bertz CT molecular complexity index is 585. The van der Waals surface area contributed by atoms with Crippen LogP contribution in [0.1, 0.15) is 24.2 Å². The topological polar surface area (TPSA) is 64.1 Å². The van der Waals surface area contributed by atoms with E-state index in [0.29, 0.717) is 16.6 Å². The summed E-state index contributed by atoms with van der Waals surface area (Å²) in [6, 6.07) is 3.38. The third-order valence-electron chi connectivity index (χ3n) is 2.26. The molecule has 0 unspecified atom stereocenters. The molecule has 0 atom stereocenters. The number of amides is 1. The molecule has 0 aliphatic rings. The Morgan fingerprint density at radius 3 is 2.85 bits per heavy atom. The fourth-order valence-electron chi connectivity index (χ4n) is 1.47. The molecule has 0 aliphatic carbocycles. The van der Waals surface area contributed by atoms with Crippen molar-refractivity contribution in [2.24, 2.45) is 0 Å². The summed E-state index contributed by atoms with van der Waals surface area (Å²) in [6.45, 7) is 3.84. The number of thiazole rings is 1. The first-order valence-corrected chi connectivity index (χ1v) is 8.12. The molecule has 0 radical (unpaired) electrons. The quantitative estimate of drug-likeness (QED) is 0.859. The summed E-state index contributed by atoms with van der Waals surface area (Å²) in [5.74, 6) is 0.238. The van der Waals surface area contributed by atoms with Gasteiger partial charge in [0, 0.05) is 23.2 Å². The number of aromatic nitrogens is 2. The molecule has 20 heavy (non-hydrogen) atoms. The first-order chi connectivity index (χ1) is 9.58. The summed E-state index contributed by atoms with van der Waals surface area (Å²) < 4.78 is 5.57. The minimum absolute atomic E-state index is 0.00878. The summed E-state index contributed by atoms with van der Waals surface area (Å²) in [4.78, 5) is 20.5. The zero-order valence-corrected chi connectivity index (χ0v) is 13.0. The average molecular weight is 309 g/mol. The zero-order valence-electron chi connectivity index (χ0n) is 11.4. The van der Waals surface area contributed by atoms with Crippen molar-refractivity contribution in [1.82, 2.24) is 9.97 Å². The molecular formula is C13H15N3O2S2. The number of hydrogen-bond acceptors (Lipinski definition) is 6. The molecule has 5 nitrogen and oxygen atoms in total. The molecule has 106 valence electrons. The third kappa shape index (κ3) is 3.94. The summed E-state index contributed by atoms with van der Waals surface area (Å²) in [7, 11) is 0. The first-order valence-electron chi connectivity index (χ1n) is 6.02. The van der Waals surface area contributed by atoms with Crippen LogP contribution in [-0.2, 0) is 0 Å². The second-order valence-corrected chi connectivity index (χ2v) is 5.92.